The summed E-state index contributed by atoms with van der Waals surface area (Å²) in [5, 5.41) is 0.831. The molecule has 1 nitrogen and oxygen atoms in total. The SMILES string of the molecule is C[Si]1(C)CC[Si](C)(C)C1c1cccc(Br)n1. The highest BCUT2D eigenvalue weighted by atomic mass is 79.9. The molecule has 0 amide bonds. The van der Waals surface area contributed by atoms with E-state index in [1.807, 2.05) is 6.07 Å². The van der Waals surface area contributed by atoms with Crippen LogP contribution in [-0.2, 0) is 0 Å². The summed E-state index contributed by atoms with van der Waals surface area (Å²) in [7, 11) is -2.18. The van der Waals surface area contributed by atoms with Gasteiger partial charge in [0.2, 0.25) is 0 Å². The molecule has 1 fully saturated rings. The Morgan fingerprint density at radius 1 is 1.12 bits per heavy atom. The Labute approximate surface area is 109 Å². The fraction of sp³-hybridized carbons (Fsp3) is 0.583. The van der Waals surface area contributed by atoms with Crippen molar-refractivity contribution in [3.8, 4) is 0 Å². The van der Waals surface area contributed by atoms with Gasteiger partial charge in [-0.2, -0.15) is 0 Å². The van der Waals surface area contributed by atoms with Crippen molar-refractivity contribution < 1.29 is 0 Å². The average Bonchev–Trinajstić information content (AvgIpc) is 2.35. The van der Waals surface area contributed by atoms with Crippen LogP contribution in [0.3, 0.4) is 0 Å². The van der Waals surface area contributed by atoms with Gasteiger partial charge in [-0.05, 0) is 33.2 Å². The van der Waals surface area contributed by atoms with Gasteiger partial charge >= 0.3 is 0 Å². The van der Waals surface area contributed by atoms with Gasteiger partial charge in [0.05, 0.1) is 16.1 Å². The molecule has 0 atom stereocenters. The summed E-state index contributed by atoms with van der Waals surface area (Å²) in [6.45, 7) is 10.2. The highest BCUT2D eigenvalue weighted by molar-refractivity contribution is 9.10. The monoisotopic (exact) mass is 313 g/mol. The summed E-state index contributed by atoms with van der Waals surface area (Å²) < 4.78 is 0.992. The van der Waals surface area contributed by atoms with Gasteiger partial charge in [-0.15, -0.1) is 0 Å². The van der Waals surface area contributed by atoms with Gasteiger partial charge in [0, 0.05) is 5.69 Å². The number of nitrogens with zero attached hydrogens (tertiary/aromatic N) is 1. The molecule has 0 spiro atoms. The largest absolute Gasteiger partial charge is 0.246 e. The first-order valence-corrected chi connectivity index (χ1v) is 13.3. The summed E-state index contributed by atoms with van der Waals surface area (Å²) in [4.78, 5) is 4.73. The predicted molar refractivity (Wildman–Crippen MR) is 79.3 cm³/mol. The van der Waals surface area contributed by atoms with E-state index in [9.17, 15) is 0 Å². The van der Waals surface area contributed by atoms with Crippen LogP contribution in [0.15, 0.2) is 22.8 Å². The maximum Gasteiger partial charge on any atom is 0.106 e. The molecule has 2 heterocycles. The number of halogens is 1. The Morgan fingerprint density at radius 2 is 1.69 bits per heavy atom. The number of rotatable bonds is 1. The van der Waals surface area contributed by atoms with E-state index in [0.29, 0.717) is 0 Å². The fourth-order valence-electron chi connectivity index (χ4n) is 3.38. The van der Waals surface area contributed by atoms with Crippen LogP contribution in [0.4, 0.5) is 0 Å². The van der Waals surface area contributed by atoms with Gasteiger partial charge in [-0.1, -0.05) is 44.3 Å². The number of pyridine rings is 1. The normalized spacial score (nSPS) is 23.6. The molecule has 88 valence electrons. The van der Waals surface area contributed by atoms with Crippen molar-refractivity contribution in [2.45, 2.75) is 43.4 Å². The highest BCUT2D eigenvalue weighted by Crippen LogP contribution is 2.47. The smallest absolute Gasteiger partial charge is 0.106 e. The van der Waals surface area contributed by atoms with E-state index in [1.165, 1.54) is 17.8 Å². The van der Waals surface area contributed by atoms with E-state index in [4.69, 9.17) is 4.98 Å². The van der Waals surface area contributed by atoms with E-state index in [-0.39, 0.29) is 0 Å². The van der Waals surface area contributed by atoms with Gasteiger partial charge in [-0.25, -0.2) is 4.98 Å². The first-order valence-electron chi connectivity index (χ1n) is 5.95. The zero-order valence-corrected chi connectivity index (χ0v) is 14.1. The maximum atomic E-state index is 4.73. The second-order valence-electron chi connectivity index (χ2n) is 6.30. The minimum atomic E-state index is -1.09. The molecule has 0 N–H and O–H groups in total. The third-order valence-electron chi connectivity index (χ3n) is 4.01. The molecular formula is C12H20BrNSi2. The molecule has 1 saturated heterocycles. The van der Waals surface area contributed by atoms with E-state index in [0.717, 1.165) is 9.77 Å². The molecule has 0 aliphatic carbocycles. The van der Waals surface area contributed by atoms with E-state index < -0.39 is 16.1 Å². The minimum Gasteiger partial charge on any atom is -0.246 e. The van der Waals surface area contributed by atoms with Gasteiger partial charge in [-0.3, -0.25) is 0 Å². The molecule has 4 heteroatoms. The van der Waals surface area contributed by atoms with Crippen molar-refractivity contribution in [1.29, 1.82) is 0 Å². The topological polar surface area (TPSA) is 12.9 Å². The quantitative estimate of drug-likeness (QED) is 0.552. The van der Waals surface area contributed by atoms with Crippen LogP contribution in [0.5, 0.6) is 0 Å². The van der Waals surface area contributed by atoms with Crippen LogP contribution < -0.4 is 0 Å². The summed E-state index contributed by atoms with van der Waals surface area (Å²) in [6, 6.07) is 9.39. The van der Waals surface area contributed by atoms with Crippen LogP contribution in [0.1, 0.15) is 10.9 Å². The molecule has 1 aliphatic heterocycles. The molecule has 0 unspecified atom stereocenters. The molecule has 2 rings (SSSR count). The van der Waals surface area contributed by atoms with E-state index >= 15 is 0 Å². The number of aromatic nitrogens is 1. The van der Waals surface area contributed by atoms with Crippen LogP contribution in [0, 0.1) is 0 Å². The second kappa shape index (κ2) is 4.07. The van der Waals surface area contributed by atoms with Crippen molar-refractivity contribution in [2.24, 2.45) is 0 Å². The lowest BCUT2D eigenvalue weighted by molar-refractivity contribution is 1.06. The molecule has 1 aromatic heterocycles. The molecule has 0 aromatic carbocycles. The number of hydrogen-bond donors (Lipinski definition) is 0. The summed E-state index contributed by atoms with van der Waals surface area (Å²) in [5.74, 6) is 0. The average molecular weight is 314 g/mol. The highest BCUT2D eigenvalue weighted by Gasteiger charge is 2.50. The van der Waals surface area contributed by atoms with Crippen molar-refractivity contribution in [2.75, 3.05) is 0 Å². The van der Waals surface area contributed by atoms with Crippen LogP contribution >= 0.6 is 15.9 Å². The molecule has 0 saturated carbocycles. The lowest BCUT2D eigenvalue weighted by Gasteiger charge is -2.32. The summed E-state index contributed by atoms with van der Waals surface area (Å²) in [5.41, 5.74) is 1.36. The fourth-order valence-corrected chi connectivity index (χ4v) is 20.7. The maximum absolute atomic E-state index is 4.73. The molecule has 0 radical (unpaired) electrons. The molecule has 16 heavy (non-hydrogen) atoms. The number of hydrogen-bond acceptors (Lipinski definition) is 1. The molecule has 1 aromatic rings. The Kier molecular flexibility index (Phi) is 3.18. The Balaban J connectivity index is 2.45. The molecule has 0 bridgehead atoms. The Morgan fingerprint density at radius 3 is 2.19 bits per heavy atom. The third kappa shape index (κ3) is 2.20. The van der Waals surface area contributed by atoms with Crippen molar-refractivity contribution in [1.82, 2.24) is 4.98 Å². The van der Waals surface area contributed by atoms with Gasteiger partial charge in [0.15, 0.2) is 0 Å². The summed E-state index contributed by atoms with van der Waals surface area (Å²) >= 11 is 3.50. The lowest BCUT2D eigenvalue weighted by atomic mass is 10.4. The van der Waals surface area contributed by atoms with Crippen LogP contribution in [-0.4, -0.2) is 21.1 Å². The van der Waals surface area contributed by atoms with Crippen molar-refractivity contribution in [3.63, 3.8) is 0 Å². The van der Waals surface area contributed by atoms with Gasteiger partial charge < -0.3 is 0 Å². The van der Waals surface area contributed by atoms with Crippen molar-refractivity contribution in [3.05, 3.63) is 28.5 Å². The van der Waals surface area contributed by atoms with Gasteiger partial charge in [0.25, 0.3) is 0 Å². The standard InChI is InChI=1S/C12H20BrNSi2/c1-15(2)8-9-16(3,4)12(15)10-6-5-7-11(13)14-10/h5-7,12H,8-9H2,1-4H3. The third-order valence-corrected chi connectivity index (χ3v) is 16.4. The van der Waals surface area contributed by atoms with Crippen LogP contribution in [0.2, 0.25) is 38.3 Å². The first kappa shape index (κ1) is 12.5. The lowest BCUT2D eigenvalue weighted by Crippen LogP contribution is -2.41. The minimum absolute atomic E-state index is 0.831. The zero-order valence-electron chi connectivity index (χ0n) is 10.5. The summed E-state index contributed by atoms with van der Waals surface area (Å²) in [6.07, 6.45) is 0. The Hall–Kier alpha value is 0.0638. The van der Waals surface area contributed by atoms with Crippen LogP contribution in [0.25, 0.3) is 0 Å². The zero-order chi connectivity index (χ0) is 12.0. The first-order chi connectivity index (χ1) is 7.33. The van der Waals surface area contributed by atoms with Gasteiger partial charge in [0.1, 0.15) is 4.60 Å². The molecule has 1 aliphatic rings. The van der Waals surface area contributed by atoms with E-state index in [1.54, 1.807) is 0 Å². The Bertz CT molecular complexity index is 388. The van der Waals surface area contributed by atoms with Crippen molar-refractivity contribution >= 4 is 32.1 Å². The van der Waals surface area contributed by atoms with E-state index in [2.05, 4.69) is 54.3 Å². The predicted octanol–water partition coefficient (Wildman–Crippen LogP) is 4.44. The second-order valence-corrected chi connectivity index (χ2v) is 17.8. The molecular weight excluding hydrogens is 294 g/mol.